The second-order valence-corrected chi connectivity index (χ2v) is 4.45. The zero-order valence-corrected chi connectivity index (χ0v) is 11.5. The number of morpholine rings is 1. The lowest BCUT2D eigenvalue weighted by Crippen LogP contribution is -2.37. The van der Waals surface area contributed by atoms with Crippen LogP contribution in [0.3, 0.4) is 0 Å². The zero-order valence-electron chi connectivity index (χ0n) is 11.5. The molecule has 1 aromatic carbocycles. The Hall–Kier alpha value is -2.41. The van der Waals surface area contributed by atoms with Gasteiger partial charge in [-0.2, -0.15) is 0 Å². The molecule has 0 aromatic heterocycles. The highest BCUT2D eigenvalue weighted by atomic mass is 16.6. The zero-order chi connectivity index (χ0) is 15.2. The van der Waals surface area contributed by atoms with Gasteiger partial charge >= 0.3 is 5.97 Å². The predicted molar refractivity (Wildman–Crippen MR) is 76.6 cm³/mol. The number of rotatable bonds is 5. The van der Waals surface area contributed by atoms with Gasteiger partial charge in [-0.15, -0.1) is 0 Å². The topological polar surface area (TPSA) is 81.9 Å². The van der Waals surface area contributed by atoms with E-state index in [9.17, 15) is 14.9 Å². The van der Waals surface area contributed by atoms with Crippen LogP contribution in [0.15, 0.2) is 30.9 Å². The molecule has 1 heterocycles. The van der Waals surface area contributed by atoms with Gasteiger partial charge in [-0.25, -0.2) is 4.79 Å². The van der Waals surface area contributed by atoms with E-state index in [1.54, 1.807) is 6.07 Å². The molecule has 1 fully saturated rings. The summed E-state index contributed by atoms with van der Waals surface area (Å²) in [5.74, 6) is -0.597. The van der Waals surface area contributed by atoms with Crippen LogP contribution in [0.25, 0.3) is 0 Å². The van der Waals surface area contributed by atoms with Crippen LogP contribution in [0.2, 0.25) is 0 Å². The highest BCUT2D eigenvalue weighted by molar-refractivity contribution is 5.96. The van der Waals surface area contributed by atoms with Crippen LogP contribution in [0, 0.1) is 10.1 Å². The van der Waals surface area contributed by atoms with Crippen molar-refractivity contribution in [1.82, 2.24) is 0 Å². The van der Waals surface area contributed by atoms with Gasteiger partial charge in [0, 0.05) is 25.2 Å². The molecule has 0 N–H and O–H groups in total. The number of nitro groups is 1. The summed E-state index contributed by atoms with van der Waals surface area (Å²) in [5.41, 5.74) is 0.670. The summed E-state index contributed by atoms with van der Waals surface area (Å²) >= 11 is 0. The van der Waals surface area contributed by atoms with Gasteiger partial charge < -0.3 is 14.4 Å². The molecule has 0 radical (unpaired) electrons. The first-order chi connectivity index (χ1) is 10.1. The maximum atomic E-state index is 12.1. The number of carbonyl (C=O) groups excluding carboxylic acids is 1. The smallest absolute Gasteiger partial charge is 0.340 e. The second-order valence-electron chi connectivity index (χ2n) is 4.45. The Morgan fingerprint density at radius 1 is 1.48 bits per heavy atom. The molecule has 0 bridgehead atoms. The van der Waals surface area contributed by atoms with Crippen LogP contribution >= 0.6 is 0 Å². The number of anilines is 1. The average Bonchev–Trinajstić information content (AvgIpc) is 2.52. The first kappa shape index (κ1) is 15.0. The second kappa shape index (κ2) is 6.85. The Labute approximate surface area is 121 Å². The molecule has 0 saturated carbocycles. The lowest BCUT2D eigenvalue weighted by molar-refractivity contribution is -0.384. The number of benzene rings is 1. The number of hydrogen-bond donors (Lipinski definition) is 0. The molecule has 1 aromatic rings. The van der Waals surface area contributed by atoms with Crippen LogP contribution in [0.5, 0.6) is 0 Å². The molecular weight excluding hydrogens is 276 g/mol. The van der Waals surface area contributed by atoms with E-state index in [0.29, 0.717) is 32.0 Å². The average molecular weight is 292 g/mol. The van der Waals surface area contributed by atoms with E-state index in [-0.39, 0.29) is 17.9 Å². The van der Waals surface area contributed by atoms with Crippen molar-refractivity contribution in [3.63, 3.8) is 0 Å². The number of hydrogen-bond acceptors (Lipinski definition) is 6. The molecule has 1 saturated heterocycles. The Bertz CT molecular complexity index is 552. The first-order valence-electron chi connectivity index (χ1n) is 6.52. The Kier molecular flexibility index (Phi) is 4.89. The van der Waals surface area contributed by atoms with Crippen molar-refractivity contribution in [2.75, 3.05) is 37.8 Å². The highest BCUT2D eigenvalue weighted by Gasteiger charge is 2.22. The molecule has 1 aliphatic rings. The van der Waals surface area contributed by atoms with Crippen LogP contribution in [-0.4, -0.2) is 43.8 Å². The molecular formula is C14H16N2O5. The Balaban J connectivity index is 2.35. The first-order valence-corrected chi connectivity index (χ1v) is 6.52. The number of carbonyl (C=O) groups is 1. The third-order valence-corrected chi connectivity index (χ3v) is 3.09. The molecule has 0 unspecified atom stereocenters. The molecule has 0 spiro atoms. The van der Waals surface area contributed by atoms with Crippen molar-refractivity contribution in [1.29, 1.82) is 0 Å². The van der Waals surface area contributed by atoms with Crippen molar-refractivity contribution < 1.29 is 19.2 Å². The van der Waals surface area contributed by atoms with Crippen LogP contribution in [-0.2, 0) is 9.47 Å². The molecule has 2 rings (SSSR count). The fourth-order valence-corrected chi connectivity index (χ4v) is 2.09. The minimum Gasteiger partial charge on any atom is -0.458 e. The summed E-state index contributed by atoms with van der Waals surface area (Å²) in [5, 5.41) is 10.9. The maximum Gasteiger partial charge on any atom is 0.340 e. The summed E-state index contributed by atoms with van der Waals surface area (Å²) in [4.78, 5) is 24.4. The molecule has 0 amide bonds. The van der Waals surface area contributed by atoms with Crippen molar-refractivity contribution in [2.24, 2.45) is 0 Å². The lowest BCUT2D eigenvalue weighted by Gasteiger charge is -2.30. The Morgan fingerprint density at radius 2 is 2.19 bits per heavy atom. The van der Waals surface area contributed by atoms with Gasteiger partial charge in [0.1, 0.15) is 6.61 Å². The SMILES string of the molecule is C=CCOC(=O)c1cc([N+](=O)[O-])ccc1N1CCOCC1. The number of nitro benzene ring substituents is 1. The summed E-state index contributed by atoms with van der Waals surface area (Å²) in [6.45, 7) is 5.89. The molecule has 21 heavy (non-hydrogen) atoms. The normalized spacial score (nSPS) is 14.6. The molecule has 0 atom stereocenters. The van der Waals surface area contributed by atoms with E-state index >= 15 is 0 Å². The van der Waals surface area contributed by atoms with Crippen molar-refractivity contribution in [3.05, 3.63) is 46.5 Å². The lowest BCUT2D eigenvalue weighted by atomic mass is 10.1. The number of nitrogens with zero attached hydrogens (tertiary/aromatic N) is 2. The molecule has 7 nitrogen and oxygen atoms in total. The summed E-state index contributed by atoms with van der Waals surface area (Å²) < 4.78 is 10.3. The minimum atomic E-state index is -0.597. The highest BCUT2D eigenvalue weighted by Crippen LogP contribution is 2.27. The summed E-state index contributed by atoms with van der Waals surface area (Å²) in [7, 11) is 0. The monoisotopic (exact) mass is 292 g/mol. The predicted octanol–water partition coefficient (Wildman–Crippen LogP) is 1.77. The van der Waals surface area contributed by atoms with Crippen LogP contribution in [0.4, 0.5) is 11.4 Å². The molecule has 1 aliphatic heterocycles. The van der Waals surface area contributed by atoms with E-state index < -0.39 is 10.9 Å². The quantitative estimate of drug-likeness (QED) is 0.356. The maximum absolute atomic E-state index is 12.1. The van der Waals surface area contributed by atoms with Gasteiger partial charge in [0.25, 0.3) is 5.69 Å². The van der Waals surface area contributed by atoms with Crippen molar-refractivity contribution >= 4 is 17.3 Å². The van der Waals surface area contributed by atoms with E-state index in [4.69, 9.17) is 9.47 Å². The molecule has 7 heteroatoms. The van der Waals surface area contributed by atoms with E-state index in [1.807, 2.05) is 4.90 Å². The van der Waals surface area contributed by atoms with Gasteiger partial charge in [0.2, 0.25) is 0 Å². The van der Waals surface area contributed by atoms with Gasteiger partial charge in [0.15, 0.2) is 0 Å². The molecule has 0 aliphatic carbocycles. The van der Waals surface area contributed by atoms with Gasteiger partial charge in [0.05, 0.1) is 29.4 Å². The fourth-order valence-electron chi connectivity index (χ4n) is 2.09. The number of non-ortho nitro benzene ring substituents is 1. The van der Waals surface area contributed by atoms with E-state index in [2.05, 4.69) is 6.58 Å². The van der Waals surface area contributed by atoms with Crippen LogP contribution in [0.1, 0.15) is 10.4 Å². The van der Waals surface area contributed by atoms with Gasteiger partial charge in [-0.05, 0) is 6.07 Å². The van der Waals surface area contributed by atoms with Gasteiger partial charge in [-0.1, -0.05) is 12.7 Å². The number of ether oxygens (including phenoxy) is 2. The minimum absolute atomic E-state index is 0.0596. The largest absolute Gasteiger partial charge is 0.458 e. The third-order valence-electron chi connectivity index (χ3n) is 3.09. The van der Waals surface area contributed by atoms with E-state index in [0.717, 1.165) is 0 Å². The van der Waals surface area contributed by atoms with Crippen molar-refractivity contribution in [2.45, 2.75) is 0 Å². The van der Waals surface area contributed by atoms with E-state index in [1.165, 1.54) is 18.2 Å². The van der Waals surface area contributed by atoms with Crippen LogP contribution < -0.4 is 4.90 Å². The third kappa shape index (κ3) is 3.57. The standard InChI is InChI=1S/C14H16N2O5/c1-2-7-21-14(17)12-10-11(16(18)19)3-4-13(12)15-5-8-20-9-6-15/h2-4,10H,1,5-9H2. The Morgan fingerprint density at radius 3 is 2.81 bits per heavy atom. The van der Waals surface area contributed by atoms with Crippen molar-refractivity contribution in [3.8, 4) is 0 Å². The number of esters is 1. The molecule has 112 valence electrons. The fraction of sp³-hybridized carbons (Fsp3) is 0.357. The summed E-state index contributed by atoms with van der Waals surface area (Å²) in [6, 6.07) is 4.21. The summed E-state index contributed by atoms with van der Waals surface area (Å²) in [6.07, 6.45) is 1.45. The van der Waals surface area contributed by atoms with Gasteiger partial charge in [-0.3, -0.25) is 10.1 Å².